The molecule has 178 valence electrons. The van der Waals surface area contributed by atoms with Gasteiger partial charge in [0.15, 0.2) is 5.96 Å². The second-order valence-corrected chi connectivity index (χ2v) is 8.62. The molecule has 1 saturated heterocycles. The van der Waals surface area contributed by atoms with Gasteiger partial charge in [0.1, 0.15) is 5.60 Å². The molecule has 30 heavy (non-hydrogen) atoms. The Balaban J connectivity index is 0.00000841. The van der Waals surface area contributed by atoms with Crippen LogP contribution in [0.15, 0.2) is 4.99 Å². The van der Waals surface area contributed by atoms with Crippen molar-refractivity contribution < 1.29 is 18.3 Å². The predicted molar refractivity (Wildman–Crippen MR) is 129 cm³/mol. The number of ether oxygens (including phenoxy) is 1. The number of nitrogens with zero attached hydrogens (tertiary/aromatic N) is 2. The number of guanidine groups is 1. The summed E-state index contributed by atoms with van der Waals surface area (Å²) in [5.41, 5.74) is -0.416. The summed E-state index contributed by atoms with van der Waals surface area (Å²) in [5.74, 6) is 0.669. The highest BCUT2D eigenvalue weighted by Gasteiger charge is 2.22. The zero-order valence-corrected chi connectivity index (χ0v) is 21.3. The summed E-state index contributed by atoms with van der Waals surface area (Å²) in [6, 6.07) is 0.274. The highest BCUT2D eigenvalue weighted by Crippen LogP contribution is 2.12. The first-order valence-corrected chi connectivity index (χ1v) is 11.0. The van der Waals surface area contributed by atoms with Gasteiger partial charge in [0.2, 0.25) is 0 Å². The Morgan fingerprint density at radius 3 is 2.37 bits per heavy atom. The Kier molecular flexibility index (Phi) is 15.6. The van der Waals surface area contributed by atoms with Crippen LogP contribution in [0.5, 0.6) is 0 Å². The summed E-state index contributed by atoms with van der Waals surface area (Å²) in [6.45, 7) is 10.4. The zero-order valence-electron chi connectivity index (χ0n) is 19.0. The Labute approximate surface area is 198 Å². The summed E-state index contributed by atoms with van der Waals surface area (Å²) >= 11 is 0. The van der Waals surface area contributed by atoms with Crippen molar-refractivity contribution >= 4 is 35.9 Å². The largest absolute Gasteiger partial charge is 0.460 e. The fourth-order valence-corrected chi connectivity index (χ4v) is 3.29. The number of rotatable bonds is 11. The standard InChI is InChI=1S/C21H40F2N4O2.HI/c1-5-24-20(26-17-11-14-27(15-12-17)16-18(22)23)25-13-9-7-6-8-10-19(28)29-21(2,3)4;/h17-18H,5-16H2,1-4H3,(H2,24,25,26);1H. The number of unbranched alkanes of at least 4 members (excludes halogenated alkanes) is 3. The fourth-order valence-electron chi connectivity index (χ4n) is 3.29. The number of halogens is 3. The maximum Gasteiger partial charge on any atom is 0.306 e. The van der Waals surface area contributed by atoms with Crippen molar-refractivity contribution in [2.24, 2.45) is 4.99 Å². The summed E-state index contributed by atoms with van der Waals surface area (Å²) < 4.78 is 30.2. The highest BCUT2D eigenvalue weighted by molar-refractivity contribution is 14.0. The average Bonchev–Trinajstić information content (AvgIpc) is 2.60. The molecule has 0 atom stereocenters. The molecule has 0 spiro atoms. The Bertz CT molecular complexity index is 494. The molecule has 0 aromatic carbocycles. The lowest BCUT2D eigenvalue weighted by molar-refractivity contribution is -0.154. The van der Waals surface area contributed by atoms with Gasteiger partial charge in [-0.25, -0.2) is 8.78 Å². The third-order valence-electron chi connectivity index (χ3n) is 4.65. The van der Waals surface area contributed by atoms with Crippen LogP contribution in [0.2, 0.25) is 0 Å². The van der Waals surface area contributed by atoms with Gasteiger partial charge in [-0.3, -0.25) is 14.7 Å². The fraction of sp³-hybridized carbons (Fsp3) is 0.905. The Hall–Kier alpha value is -0.710. The van der Waals surface area contributed by atoms with Crippen LogP contribution in [-0.2, 0) is 9.53 Å². The number of piperidine rings is 1. The minimum absolute atomic E-state index is 0. The Morgan fingerprint density at radius 2 is 1.80 bits per heavy atom. The van der Waals surface area contributed by atoms with Crippen molar-refractivity contribution in [3.8, 4) is 0 Å². The molecule has 0 saturated carbocycles. The number of esters is 1. The van der Waals surface area contributed by atoms with E-state index in [1.165, 1.54) is 0 Å². The van der Waals surface area contributed by atoms with E-state index < -0.39 is 12.0 Å². The molecule has 0 aromatic rings. The molecule has 1 aliphatic heterocycles. The number of carbonyl (C=O) groups is 1. The number of alkyl halides is 2. The Morgan fingerprint density at radius 1 is 1.17 bits per heavy atom. The van der Waals surface area contributed by atoms with Gasteiger partial charge in [-0.05, 0) is 53.4 Å². The molecule has 0 bridgehead atoms. The molecule has 1 aliphatic rings. The highest BCUT2D eigenvalue weighted by atomic mass is 127. The third kappa shape index (κ3) is 15.1. The van der Waals surface area contributed by atoms with Gasteiger partial charge in [0.25, 0.3) is 6.43 Å². The molecule has 1 fully saturated rings. The molecule has 9 heteroatoms. The van der Waals surface area contributed by atoms with E-state index in [0.29, 0.717) is 19.5 Å². The summed E-state index contributed by atoms with van der Waals surface area (Å²) in [6.07, 6.45) is 3.73. The molecule has 1 heterocycles. The van der Waals surface area contributed by atoms with E-state index in [9.17, 15) is 13.6 Å². The molecule has 1 rings (SSSR count). The van der Waals surface area contributed by atoms with Gasteiger partial charge in [-0.15, -0.1) is 24.0 Å². The number of hydrogen-bond donors (Lipinski definition) is 2. The van der Waals surface area contributed by atoms with Gasteiger partial charge in [-0.1, -0.05) is 12.8 Å². The van der Waals surface area contributed by atoms with Crippen molar-refractivity contribution in [1.82, 2.24) is 15.5 Å². The quantitative estimate of drug-likeness (QED) is 0.134. The normalized spacial score (nSPS) is 16.3. The van der Waals surface area contributed by atoms with E-state index in [-0.39, 0.29) is 42.5 Å². The first-order valence-electron chi connectivity index (χ1n) is 11.0. The minimum Gasteiger partial charge on any atom is -0.460 e. The molecular formula is C21H41F2IN4O2. The van der Waals surface area contributed by atoms with Gasteiger partial charge >= 0.3 is 5.97 Å². The lowest BCUT2D eigenvalue weighted by Crippen LogP contribution is -2.49. The lowest BCUT2D eigenvalue weighted by atomic mass is 10.1. The van der Waals surface area contributed by atoms with Crippen molar-refractivity contribution in [1.29, 1.82) is 0 Å². The van der Waals surface area contributed by atoms with Crippen LogP contribution < -0.4 is 10.6 Å². The van der Waals surface area contributed by atoms with E-state index in [1.54, 1.807) is 0 Å². The van der Waals surface area contributed by atoms with Crippen molar-refractivity contribution in [2.45, 2.75) is 90.7 Å². The second-order valence-electron chi connectivity index (χ2n) is 8.62. The molecule has 0 radical (unpaired) electrons. The van der Waals surface area contributed by atoms with Gasteiger partial charge in [0.05, 0.1) is 6.54 Å². The zero-order chi connectivity index (χ0) is 21.7. The average molecular weight is 546 g/mol. The monoisotopic (exact) mass is 546 g/mol. The lowest BCUT2D eigenvalue weighted by Gasteiger charge is -2.32. The first-order chi connectivity index (χ1) is 13.7. The van der Waals surface area contributed by atoms with Crippen LogP contribution in [0.25, 0.3) is 0 Å². The maximum absolute atomic E-state index is 12.5. The van der Waals surface area contributed by atoms with Gasteiger partial charge in [-0.2, -0.15) is 0 Å². The first kappa shape index (κ1) is 29.3. The van der Waals surface area contributed by atoms with E-state index in [1.807, 2.05) is 32.6 Å². The van der Waals surface area contributed by atoms with Gasteiger partial charge in [0, 0.05) is 38.6 Å². The van der Waals surface area contributed by atoms with Crippen LogP contribution in [0, 0.1) is 0 Å². The van der Waals surface area contributed by atoms with Crippen LogP contribution in [0.1, 0.15) is 72.6 Å². The van der Waals surface area contributed by atoms with E-state index in [2.05, 4.69) is 15.6 Å². The molecule has 0 unspecified atom stereocenters. The predicted octanol–water partition coefficient (Wildman–Crippen LogP) is 4.18. The number of nitrogens with one attached hydrogen (secondary N) is 2. The van der Waals surface area contributed by atoms with Crippen molar-refractivity contribution in [3.05, 3.63) is 0 Å². The SMILES string of the molecule is CCNC(=NCCCCCCC(=O)OC(C)(C)C)NC1CCN(CC(F)F)CC1.I. The van der Waals surface area contributed by atoms with Crippen molar-refractivity contribution in [2.75, 3.05) is 32.7 Å². The minimum atomic E-state index is -2.26. The van der Waals surface area contributed by atoms with Gasteiger partial charge < -0.3 is 15.4 Å². The van der Waals surface area contributed by atoms with Crippen LogP contribution in [0.3, 0.4) is 0 Å². The number of carbonyl (C=O) groups excluding carboxylic acids is 1. The molecule has 0 aromatic heterocycles. The number of aliphatic imine (C=N–C) groups is 1. The maximum atomic E-state index is 12.5. The second kappa shape index (κ2) is 16.0. The van der Waals surface area contributed by atoms with Crippen LogP contribution in [-0.4, -0.2) is 67.6 Å². The topological polar surface area (TPSA) is 66.0 Å². The van der Waals surface area contributed by atoms with E-state index in [4.69, 9.17) is 4.74 Å². The third-order valence-corrected chi connectivity index (χ3v) is 4.65. The molecule has 6 nitrogen and oxygen atoms in total. The molecule has 0 amide bonds. The molecule has 0 aliphatic carbocycles. The smallest absolute Gasteiger partial charge is 0.306 e. The van der Waals surface area contributed by atoms with E-state index in [0.717, 1.165) is 57.6 Å². The summed E-state index contributed by atoms with van der Waals surface area (Å²) in [4.78, 5) is 18.1. The number of hydrogen-bond acceptors (Lipinski definition) is 4. The molecular weight excluding hydrogens is 505 g/mol. The van der Waals surface area contributed by atoms with Crippen LogP contribution in [0.4, 0.5) is 8.78 Å². The van der Waals surface area contributed by atoms with Crippen LogP contribution >= 0.6 is 24.0 Å². The number of likely N-dealkylation sites (tertiary alicyclic amines) is 1. The summed E-state index contributed by atoms with van der Waals surface area (Å²) in [5, 5.41) is 6.69. The van der Waals surface area contributed by atoms with E-state index >= 15 is 0 Å². The summed E-state index contributed by atoms with van der Waals surface area (Å²) in [7, 11) is 0. The van der Waals surface area contributed by atoms with Crippen molar-refractivity contribution in [3.63, 3.8) is 0 Å². The molecule has 2 N–H and O–H groups in total.